The lowest BCUT2D eigenvalue weighted by Gasteiger charge is -2.28. The van der Waals surface area contributed by atoms with E-state index in [1.807, 2.05) is 48.4 Å². The third-order valence-electron chi connectivity index (χ3n) is 5.87. The minimum Gasteiger partial charge on any atom is -0.399 e. The maximum Gasteiger partial charge on any atom is 0.159 e. The van der Waals surface area contributed by atoms with Crippen molar-refractivity contribution in [3.8, 4) is 22.6 Å². The highest BCUT2D eigenvalue weighted by Crippen LogP contribution is 2.25. The predicted octanol–water partition coefficient (Wildman–Crippen LogP) is 5.46. The minimum absolute atomic E-state index is 0.749. The Morgan fingerprint density at radius 1 is 0.909 bits per heavy atom. The van der Waals surface area contributed by atoms with E-state index in [0.717, 1.165) is 65.8 Å². The van der Waals surface area contributed by atoms with Gasteiger partial charge in [-0.15, -0.1) is 11.8 Å². The molecule has 5 rings (SSSR count). The van der Waals surface area contributed by atoms with Gasteiger partial charge in [0, 0.05) is 65.7 Å². The lowest BCUT2D eigenvalue weighted by atomic mass is 10.1. The first kappa shape index (κ1) is 21.6. The van der Waals surface area contributed by atoms with Crippen LogP contribution in [0.15, 0.2) is 78.0 Å². The van der Waals surface area contributed by atoms with Crippen molar-refractivity contribution in [2.75, 3.05) is 18.0 Å². The second-order valence-electron chi connectivity index (χ2n) is 8.26. The first-order valence-electron chi connectivity index (χ1n) is 11.3. The van der Waals surface area contributed by atoms with Crippen LogP contribution in [0.4, 0.5) is 5.69 Å². The van der Waals surface area contributed by atoms with Gasteiger partial charge in [0.15, 0.2) is 5.82 Å². The molecule has 0 saturated heterocycles. The molecule has 4 aromatic rings. The summed E-state index contributed by atoms with van der Waals surface area (Å²) >= 11 is 1.86. The van der Waals surface area contributed by atoms with Crippen LogP contribution < -0.4 is 5.73 Å². The molecule has 0 bridgehead atoms. The summed E-state index contributed by atoms with van der Waals surface area (Å²) in [6.07, 6.45) is 4.90. The van der Waals surface area contributed by atoms with Crippen LogP contribution in [-0.2, 0) is 19.5 Å². The number of hydrogen-bond donors (Lipinski definition) is 1. The average molecular weight is 454 g/mol. The van der Waals surface area contributed by atoms with Gasteiger partial charge in [0.25, 0.3) is 0 Å². The Labute approximate surface area is 199 Å². The van der Waals surface area contributed by atoms with Crippen molar-refractivity contribution < 1.29 is 0 Å². The van der Waals surface area contributed by atoms with Crippen molar-refractivity contribution in [2.24, 2.45) is 0 Å². The summed E-state index contributed by atoms with van der Waals surface area (Å²) in [4.78, 5) is 17.9. The zero-order valence-electron chi connectivity index (χ0n) is 18.7. The summed E-state index contributed by atoms with van der Waals surface area (Å²) in [5.74, 6) is 1.85. The van der Waals surface area contributed by atoms with Crippen LogP contribution in [0.5, 0.6) is 0 Å². The van der Waals surface area contributed by atoms with E-state index in [1.54, 1.807) is 0 Å². The minimum atomic E-state index is 0.749. The zero-order valence-corrected chi connectivity index (χ0v) is 19.6. The third-order valence-corrected chi connectivity index (χ3v) is 6.77. The monoisotopic (exact) mass is 453 g/mol. The van der Waals surface area contributed by atoms with Crippen molar-refractivity contribution in [2.45, 2.75) is 31.3 Å². The van der Waals surface area contributed by atoms with E-state index < -0.39 is 0 Å². The van der Waals surface area contributed by atoms with Gasteiger partial charge in [0.05, 0.1) is 11.4 Å². The number of nitrogens with two attached hydrogens (primary N) is 1. The van der Waals surface area contributed by atoms with Crippen LogP contribution in [0.3, 0.4) is 0 Å². The molecule has 0 fully saturated rings. The zero-order chi connectivity index (χ0) is 22.6. The summed E-state index contributed by atoms with van der Waals surface area (Å²) in [5, 5.41) is 0. The van der Waals surface area contributed by atoms with E-state index in [-0.39, 0.29) is 0 Å². The summed E-state index contributed by atoms with van der Waals surface area (Å²) in [5.41, 5.74) is 13.3. The number of benzene rings is 2. The van der Waals surface area contributed by atoms with Crippen LogP contribution in [0, 0.1) is 0 Å². The summed E-state index contributed by atoms with van der Waals surface area (Å²) < 4.78 is 0. The van der Waals surface area contributed by atoms with E-state index in [9.17, 15) is 0 Å². The van der Waals surface area contributed by atoms with Crippen LogP contribution in [0.25, 0.3) is 22.6 Å². The molecule has 166 valence electrons. The molecule has 1 aliphatic rings. The number of hydrogen-bond acceptors (Lipinski definition) is 6. The Morgan fingerprint density at radius 3 is 2.42 bits per heavy atom. The second kappa shape index (κ2) is 9.73. The predicted molar refractivity (Wildman–Crippen MR) is 136 cm³/mol. The number of thioether (sulfide) groups is 1. The number of nitrogens with zero attached hydrogens (tertiary/aromatic N) is 4. The highest BCUT2D eigenvalue weighted by molar-refractivity contribution is 7.99. The van der Waals surface area contributed by atoms with E-state index in [4.69, 9.17) is 15.7 Å². The highest BCUT2D eigenvalue weighted by atomic mass is 32.2. The van der Waals surface area contributed by atoms with Crippen LogP contribution >= 0.6 is 11.8 Å². The van der Waals surface area contributed by atoms with E-state index in [0.29, 0.717) is 0 Å². The summed E-state index contributed by atoms with van der Waals surface area (Å²) in [6.45, 7) is 4.88. The Hall–Kier alpha value is -3.22. The molecule has 0 saturated carbocycles. The lowest BCUT2D eigenvalue weighted by molar-refractivity contribution is 0.242. The fraction of sp³-hybridized carbons (Fsp3) is 0.222. The van der Waals surface area contributed by atoms with E-state index >= 15 is 0 Å². The van der Waals surface area contributed by atoms with Gasteiger partial charge in [-0.05, 0) is 53.8 Å². The molecule has 0 unspecified atom stereocenters. The molecule has 0 atom stereocenters. The number of rotatable bonds is 6. The van der Waals surface area contributed by atoms with Crippen LogP contribution in [0.2, 0.25) is 0 Å². The Kier molecular flexibility index (Phi) is 6.37. The largest absolute Gasteiger partial charge is 0.399 e. The van der Waals surface area contributed by atoms with E-state index in [1.165, 1.54) is 16.0 Å². The maximum atomic E-state index is 5.80. The molecule has 2 aromatic carbocycles. The number of nitrogen functional groups attached to an aromatic ring is 1. The van der Waals surface area contributed by atoms with Gasteiger partial charge in [-0.1, -0.05) is 25.1 Å². The average Bonchev–Trinajstić information content (AvgIpc) is 2.85. The van der Waals surface area contributed by atoms with Crippen molar-refractivity contribution in [1.82, 2.24) is 19.9 Å². The molecule has 0 radical (unpaired) electrons. The number of aromatic nitrogens is 3. The van der Waals surface area contributed by atoms with Gasteiger partial charge < -0.3 is 5.73 Å². The molecular formula is C27H27N5S. The van der Waals surface area contributed by atoms with Crippen LogP contribution in [0.1, 0.15) is 23.7 Å². The molecule has 0 spiro atoms. The molecule has 6 heteroatoms. The van der Waals surface area contributed by atoms with Gasteiger partial charge in [0.2, 0.25) is 0 Å². The fourth-order valence-corrected chi connectivity index (χ4v) is 4.78. The van der Waals surface area contributed by atoms with Gasteiger partial charge in [-0.3, -0.25) is 9.88 Å². The molecule has 3 heterocycles. The Balaban J connectivity index is 1.23. The molecule has 33 heavy (non-hydrogen) atoms. The summed E-state index contributed by atoms with van der Waals surface area (Å²) in [6, 6.07) is 20.7. The molecule has 0 amide bonds. The van der Waals surface area contributed by atoms with Crippen LogP contribution in [-0.4, -0.2) is 32.1 Å². The number of pyridine rings is 1. The van der Waals surface area contributed by atoms with Gasteiger partial charge >= 0.3 is 0 Å². The highest BCUT2D eigenvalue weighted by Gasteiger charge is 2.19. The fourth-order valence-electron chi connectivity index (χ4n) is 4.12. The Bertz CT molecular complexity index is 1220. The normalized spacial score (nSPS) is 13.6. The van der Waals surface area contributed by atoms with Crippen molar-refractivity contribution in [3.63, 3.8) is 0 Å². The first-order valence-corrected chi connectivity index (χ1v) is 12.3. The van der Waals surface area contributed by atoms with Crippen molar-refractivity contribution >= 4 is 17.4 Å². The first-order chi connectivity index (χ1) is 16.2. The third kappa shape index (κ3) is 5.07. The summed E-state index contributed by atoms with van der Waals surface area (Å²) in [7, 11) is 0. The van der Waals surface area contributed by atoms with Gasteiger partial charge in [-0.2, -0.15) is 0 Å². The number of anilines is 1. The topological polar surface area (TPSA) is 67.9 Å². The molecule has 1 aliphatic heterocycles. The molecule has 5 nitrogen and oxygen atoms in total. The molecular weight excluding hydrogens is 426 g/mol. The van der Waals surface area contributed by atoms with E-state index in [2.05, 4.69) is 53.2 Å². The second-order valence-corrected chi connectivity index (χ2v) is 9.59. The molecule has 2 N–H and O–H groups in total. The maximum absolute atomic E-state index is 5.80. The van der Waals surface area contributed by atoms with Crippen molar-refractivity contribution in [1.29, 1.82) is 0 Å². The quantitative estimate of drug-likeness (QED) is 0.309. The van der Waals surface area contributed by atoms with Gasteiger partial charge in [0.1, 0.15) is 0 Å². The van der Waals surface area contributed by atoms with Crippen molar-refractivity contribution in [3.05, 3.63) is 89.9 Å². The molecule has 2 aromatic heterocycles. The Morgan fingerprint density at radius 2 is 1.70 bits per heavy atom. The number of fused-ring (bicyclic) bond motifs is 1. The standard InChI is InChI=1S/C27H27N5S/c1-2-33-24-10-6-20(7-11-24)25-12-3-19(15-29-25)17-32-14-13-26-22(18-32)16-30-27(31-26)21-4-8-23(28)9-5-21/h3-12,15-16H,2,13-14,17-18,28H2,1H3. The lowest BCUT2D eigenvalue weighted by Crippen LogP contribution is -2.31. The molecule has 0 aliphatic carbocycles. The SMILES string of the molecule is CCSc1ccc(-c2ccc(CN3CCc4nc(-c5ccc(N)cc5)ncc4C3)cn2)cc1. The van der Waals surface area contributed by atoms with Gasteiger partial charge in [-0.25, -0.2) is 9.97 Å². The smallest absolute Gasteiger partial charge is 0.159 e.